The topological polar surface area (TPSA) is 88.8 Å². The van der Waals surface area contributed by atoms with Crippen LogP contribution in [-0.4, -0.2) is 30.6 Å². The van der Waals surface area contributed by atoms with Crippen molar-refractivity contribution >= 4 is 29.0 Å². The minimum absolute atomic E-state index is 0.219. The summed E-state index contributed by atoms with van der Waals surface area (Å²) in [5.41, 5.74) is 3.69. The third-order valence-electron chi connectivity index (χ3n) is 4.19. The van der Waals surface area contributed by atoms with Crippen LogP contribution >= 0.6 is 0 Å². The molecular weight excluding hydrogens is 344 g/mol. The molecule has 3 aromatic rings. The van der Waals surface area contributed by atoms with Crippen LogP contribution in [0.1, 0.15) is 17.2 Å². The van der Waals surface area contributed by atoms with Crippen LogP contribution in [0.5, 0.6) is 0 Å². The van der Waals surface area contributed by atoms with Gasteiger partial charge in [0.15, 0.2) is 12.0 Å². The maximum Gasteiger partial charge on any atom is 0.274 e. The monoisotopic (exact) mass is 362 g/mol. The summed E-state index contributed by atoms with van der Waals surface area (Å²) < 4.78 is 10.6. The number of aromatic nitrogens is 1. The molecule has 0 spiro atoms. The molecule has 0 aliphatic carbocycles. The van der Waals surface area contributed by atoms with Gasteiger partial charge in [-0.15, -0.1) is 0 Å². The smallest absolute Gasteiger partial charge is 0.274 e. The molecule has 7 heteroatoms. The molecule has 1 amide bonds. The van der Waals surface area contributed by atoms with Crippen molar-refractivity contribution in [3.05, 3.63) is 71.7 Å². The number of nitrogens with zero attached hydrogens (tertiary/aromatic N) is 2. The van der Waals surface area contributed by atoms with Gasteiger partial charge in [0.2, 0.25) is 5.96 Å². The van der Waals surface area contributed by atoms with Gasteiger partial charge in [0, 0.05) is 7.11 Å². The zero-order valence-corrected chi connectivity index (χ0v) is 14.7. The van der Waals surface area contributed by atoms with Crippen molar-refractivity contribution in [2.45, 2.75) is 6.04 Å². The van der Waals surface area contributed by atoms with E-state index in [4.69, 9.17) is 9.15 Å². The predicted molar refractivity (Wildman–Crippen MR) is 102 cm³/mol. The first-order chi connectivity index (χ1) is 13.2. The largest absolute Gasteiger partial charge is 0.443 e. The van der Waals surface area contributed by atoms with Crippen molar-refractivity contribution in [3.8, 4) is 0 Å². The van der Waals surface area contributed by atoms with Crippen molar-refractivity contribution in [1.82, 2.24) is 15.6 Å². The Morgan fingerprint density at radius 2 is 2.07 bits per heavy atom. The van der Waals surface area contributed by atoms with E-state index in [1.807, 2.05) is 48.5 Å². The average Bonchev–Trinajstić information content (AvgIpc) is 3.28. The number of carbonyl (C=O) groups excluding carboxylic acids is 1. The van der Waals surface area contributed by atoms with Crippen LogP contribution in [0.25, 0.3) is 17.2 Å². The van der Waals surface area contributed by atoms with Crippen LogP contribution in [0.2, 0.25) is 0 Å². The molecule has 4 rings (SSSR count). The zero-order chi connectivity index (χ0) is 18.6. The highest BCUT2D eigenvalue weighted by Gasteiger charge is 2.23. The summed E-state index contributed by atoms with van der Waals surface area (Å²) in [4.78, 5) is 21.0. The van der Waals surface area contributed by atoms with E-state index in [0.717, 1.165) is 16.6 Å². The summed E-state index contributed by atoms with van der Waals surface area (Å²) in [5.74, 6) is 0.161. The summed E-state index contributed by atoms with van der Waals surface area (Å²) in [6.07, 6.45) is 3.14. The van der Waals surface area contributed by atoms with Crippen molar-refractivity contribution in [2.24, 2.45) is 4.99 Å². The molecule has 2 heterocycles. The Labute approximate surface area is 155 Å². The number of rotatable bonds is 5. The van der Waals surface area contributed by atoms with Gasteiger partial charge in [-0.2, -0.15) is 0 Å². The third kappa shape index (κ3) is 3.73. The first-order valence-electron chi connectivity index (χ1n) is 8.48. The van der Waals surface area contributed by atoms with Crippen molar-refractivity contribution in [1.29, 1.82) is 0 Å². The number of hydrogen-bond acceptors (Lipinski definition) is 5. The van der Waals surface area contributed by atoms with Gasteiger partial charge in [-0.25, -0.2) is 9.98 Å². The molecule has 2 aromatic carbocycles. The molecule has 27 heavy (non-hydrogen) atoms. The van der Waals surface area contributed by atoms with E-state index in [1.165, 1.54) is 6.39 Å². The summed E-state index contributed by atoms with van der Waals surface area (Å²) in [6, 6.07) is 15.1. The SMILES string of the molecule is COCC(N=C1NC(=O)/C(=C/c2ccc3ncoc3c2)N1)c1ccccc1. The van der Waals surface area contributed by atoms with Crippen LogP contribution < -0.4 is 10.6 Å². The number of methoxy groups -OCH3 is 1. The number of amides is 1. The fourth-order valence-corrected chi connectivity index (χ4v) is 2.88. The van der Waals surface area contributed by atoms with Gasteiger partial charge in [-0.3, -0.25) is 10.1 Å². The summed E-state index contributed by atoms with van der Waals surface area (Å²) in [5, 5.41) is 5.79. The van der Waals surface area contributed by atoms with Crippen molar-refractivity contribution in [3.63, 3.8) is 0 Å². The molecule has 1 aromatic heterocycles. The molecule has 136 valence electrons. The molecule has 1 atom stereocenters. The van der Waals surface area contributed by atoms with Gasteiger partial charge in [0.1, 0.15) is 17.3 Å². The second-order valence-electron chi connectivity index (χ2n) is 6.08. The highest BCUT2D eigenvalue weighted by atomic mass is 16.5. The quantitative estimate of drug-likeness (QED) is 0.681. The Morgan fingerprint density at radius 3 is 2.89 bits per heavy atom. The number of aliphatic imine (C=N–C) groups is 1. The molecule has 0 radical (unpaired) electrons. The van der Waals surface area contributed by atoms with E-state index in [-0.39, 0.29) is 11.9 Å². The van der Waals surface area contributed by atoms with Gasteiger partial charge >= 0.3 is 0 Å². The number of fused-ring (bicyclic) bond motifs is 1. The maximum atomic E-state index is 12.3. The van der Waals surface area contributed by atoms with E-state index in [2.05, 4.69) is 20.6 Å². The molecule has 0 saturated carbocycles. The molecule has 1 aliphatic rings. The normalized spacial score (nSPS) is 18.0. The molecular formula is C20H18N4O3. The van der Waals surface area contributed by atoms with Crippen LogP contribution in [0.4, 0.5) is 0 Å². The van der Waals surface area contributed by atoms with Crippen LogP contribution in [0, 0.1) is 0 Å². The second-order valence-corrected chi connectivity index (χ2v) is 6.08. The number of nitrogens with one attached hydrogen (secondary N) is 2. The summed E-state index contributed by atoms with van der Waals surface area (Å²) >= 11 is 0. The van der Waals surface area contributed by atoms with Crippen LogP contribution in [-0.2, 0) is 9.53 Å². The Balaban J connectivity index is 1.57. The molecule has 1 aliphatic heterocycles. The number of carbonyl (C=O) groups is 1. The summed E-state index contributed by atoms with van der Waals surface area (Å²) in [6.45, 7) is 0.409. The maximum absolute atomic E-state index is 12.3. The fraction of sp³-hybridized carbons (Fsp3) is 0.150. The number of ether oxygens (including phenoxy) is 1. The zero-order valence-electron chi connectivity index (χ0n) is 14.7. The van der Waals surface area contributed by atoms with E-state index < -0.39 is 0 Å². The van der Waals surface area contributed by atoms with E-state index >= 15 is 0 Å². The van der Waals surface area contributed by atoms with E-state index in [9.17, 15) is 4.79 Å². The predicted octanol–water partition coefficient (Wildman–Crippen LogP) is 2.63. The molecule has 1 fully saturated rings. The number of guanidine groups is 1. The van der Waals surface area contributed by atoms with Crippen LogP contribution in [0.15, 0.2) is 70.0 Å². The minimum atomic E-state index is -0.240. The molecule has 1 unspecified atom stereocenters. The number of hydrogen-bond donors (Lipinski definition) is 2. The molecule has 7 nitrogen and oxygen atoms in total. The fourth-order valence-electron chi connectivity index (χ4n) is 2.88. The van der Waals surface area contributed by atoms with Gasteiger partial charge in [-0.1, -0.05) is 36.4 Å². The Kier molecular flexibility index (Phi) is 4.67. The lowest BCUT2D eigenvalue weighted by atomic mass is 10.1. The highest BCUT2D eigenvalue weighted by Crippen LogP contribution is 2.19. The number of oxazole rings is 1. The van der Waals surface area contributed by atoms with Crippen molar-refractivity contribution in [2.75, 3.05) is 13.7 Å². The minimum Gasteiger partial charge on any atom is -0.443 e. The third-order valence-corrected chi connectivity index (χ3v) is 4.19. The highest BCUT2D eigenvalue weighted by molar-refractivity contribution is 6.15. The lowest BCUT2D eigenvalue weighted by Gasteiger charge is -2.12. The Morgan fingerprint density at radius 1 is 1.22 bits per heavy atom. The van der Waals surface area contributed by atoms with Gasteiger partial charge in [0.05, 0.1) is 6.61 Å². The molecule has 1 saturated heterocycles. The van der Waals surface area contributed by atoms with Gasteiger partial charge in [0.25, 0.3) is 5.91 Å². The molecule has 0 bridgehead atoms. The van der Waals surface area contributed by atoms with E-state index in [0.29, 0.717) is 23.8 Å². The Bertz CT molecular complexity index is 1020. The van der Waals surface area contributed by atoms with Crippen LogP contribution in [0.3, 0.4) is 0 Å². The Hall–Kier alpha value is -3.45. The lowest BCUT2D eigenvalue weighted by molar-refractivity contribution is -0.115. The van der Waals surface area contributed by atoms with E-state index in [1.54, 1.807) is 13.2 Å². The second kappa shape index (κ2) is 7.43. The first kappa shape index (κ1) is 17.0. The standard InChI is InChI=1S/C20H18N4O3/c1-26-11-17(14-5-3-2-4-6-14)23-20-22-16(19(25)24-20)9-13-7-8-15-18(10-13)27-12-21-15/h2-10,12,17H,11H2,1H3,(H2,22,23,24,25)/b16-9-. The van der Waals surface area contributed by atoms with Gasteiger partial charge in [-0.05, 0) is 29.3 Å². The lowest BCUT2D eigenvalue weighted by Crippen LogP contribution is -2.26. The van der Waals surface area contributed by atoms with Crippen molar-refractivity contribution < 1.29 is 13.9 Å². The average molecular weight is 362 g/mol. The summed E-state index contributed by atoms with van der Waals surface area (Å²) in [7, 11) is 1.63. The number of benzene rings is 2. The molecule has 2 N–H and O–H groups in total. The van der Waals surface area contributed by atoms with Gasteiger partial charge < -0.3 is 14.5 Å². The first-order valence-corrected chi connectivity index (χ1v) is 8.48.